The van der Waals surface area contributed by atoms with Crippen LogP contribution in [0.25, 0.3) is 0 Å². The number of rotatable bonds is 4. The molecule has 0 aromatic heterocycles. The molecule has 130 valence electrons. The van der Waals surface area contributed by atoms with Crippen LogP contribution in [0.5, 0.6) is 0 Å². The molecule has 0 unspecified atom stereocenters. The van der Waals surface area contributed by atoms with E-state index in [-0.39, 0.29) is 36.1 Å². The molecule has 1 saturated carbocycles. The molecule has 3 amide bonds. The Morgan fingerprint density at radius 3 is 2.48 bits per heavy atom. The van der Waals surface area contributed by atoms with Gasteiger partial charge >= 0.3 is 0 Å². The summed E-state index contributed by atoms with van der Waals surface area (Å²) < 4.78 is 0. The summed E-state index contributed by atoms with van der Waals surface area (Å²) in [6, 6.07) is 9.10. The lowest BCUT2D eigenvalue weighted by Crippen LogP contribution is -2.41. The minimum Gasteiger partial charge on any atom is -0.340 e. The van der Waals surface area contributed by atoms with Crippen LogP contribution in [0.15, 0.2) is 24.3 Å². The fourth-order valence-corrected chi connectivity index (χ4v) is 3.74. The highest BCUT2D eigenvalue weighted by molar-refractivity contribution is 6.07. The standard InChI is InChI=1S/C19H21N3O3/c1-21(11-14-6-4-5-13(9-14)10-20)17(23)12-22-18(24)15-7-2-3-8-16(15)19(22)25/h4-6,9,15-16H,2-3,7-8,11-12H2,1H3/t15-,16+. The van der Waals surface area contributed by atoms with Crippen LogP contribution in [0.4, 0.5) is 0 Å². The van der Waals surface area contributed by atoms with E-state index in [1.165, 1.54) is 4.90 Å². The van der Waals surface area contributed by atoms with Crippen molar-refractivity contribution in [3.63, 3.8) is 0 Å². The van der Waals surface area contributed by atoms with Gasteiger partial charge in [0.25, 0.3) is 0 Å². The predicted molar refractivity (Wildman–Crippen MR) is 89.8 cm³/mol. The lowest BCUT2D eigenvalue weighted by Gasteiger charge is -2.21. The Morgan fingerprint density at radius 2 is 1.88 bits per heavy atom. The van der Waals surface area contributed by atoms with Gasteiger partial charge in [-0.25, -0.2) is 0 Å². The quantitative estimate of drug-likeness (QED) is 0.782. The van der Waals surface area contributed by atoms with Crippen LogP contribution in [0.3, 0.4) is 0 Å². The van der Waals surface area contributed by atoms with Gasteiger partial charge in [0, 0.05) is 13.6 Å². The number of benzene rings is 1. The number of nitrogens with zero attached hydrogens (tertiary/aromatic N) is 3. The monoisotopic (exact) mass is 339 g/mol. The summed E-state index contributed by atoms with van der Waals surface area (Å²) >= 11 is 0. The minimum atomic E-state index is -0.275. The van der Waals surface area contributed by atoms with E-state index in [9.17, 15) is 14.4 Å². The number of hydrogen-bond donors (Lipinski definition) is 0. The Morgan fingerprint density at radius 1 is 1.24 bits per heavy atom. The van der Waals surface area contributed by atoms with Gasteiger partial charge in [-0.2, -0.15) is 5.26 Å². The van der Waals surface area contributed by atoms with Crippen LogP contribution in [0.2, 0.25) is 0 Å². The average Bonchev–Trinajstić information content (AvgIpc) is 2.87. The van der Waals surface area contributed by atoms with E-state index < -0.39 is 0 Å². The second-order valence-corrected chi connectivity index (χ2v) is 6.82. The molecule has 0 radical (unpaired) electrons. The Kier molecular flexibility index (Phi) is 4.84. The summed E-state index contributed by atoms with van der Waals surface area (Å²) in [7, 11) is 1.64. The van der Waals surface area contributed by atoms with E-state index in [0.717, 1.165) is 36.1 Å². The van der Waals surface area contributed by atoms with Crippen molar-refractivity contribution in [2.24, 2.45) is 11.8 Å². The summed E-state index contributed by atoms with van der Waals surface area (Å²) in [6.07, 6.45) is 3.43. The molecule has 2 atom stereocenters. The number of carbonyl (C=O) groups is 3. The molecule has 0 bridgehead atoms. The highest BCUT2D eigenvalue weighted by Gasteiger charge is 2.48. The second kappa shape index (κ2) is 7.06. The summed E-state index contributed by atoms with van der Waals surface area (Å²) in [6.45, 7) is 0.135. The van der Waals surface area contributed by atoms with Gasteiger partial charge in [0.15, 0.2) is 0 Å². The normalized spacial score (nSPS) is 22.5. The van der Waals surface area contributed by atoms with Gasteiger partial charge < -0.3 is 4.90 Å². The summed E-state index contributed by atoms with van der Waals surface area (Å²) in [4.78, 5) is 40.0. The van der Waals surface area contributed by atoms with Crippen LogP contribution in [-0.4, -0.2) is 41.1 Å². The van der Waals surface area contributed by atoms with Gasteiger partial charge in [-0.1, -0.05) is 25.0 Å². The third-order valence-corrected chi connectivity index (χ3v) is 5.13. The van der Waals surface area contributed by atoms with Crippen molar-refractivity contribution >= 4 is 17.7 Å². The third kappa shape index (κ3) is 3.41. The molecule has 2 aliphatic rings. The van der Waals surface area contributed by atoms with Crippen LogP contribution in [-0.2, 0) is 20.9 Å². The van der Waals surface area contributed by atoms with Gasteiger partial charge in [-0.15, -0.1) is 0 Å². The van der Waals surface area contributed by atoms with Crippen molar-refractivity contribution in [3.05, 3.63) is 35.4 Å². The number of fused-ring (bicyclic) bond motifs is 1. The number of likely N-dealkylation sites (tertiary alicyclic amines) is 1. The molecule has 1 aromatic rings. The fourth-order valence-electron chi connectivity index (χ4n) is 3.74. The van der Waals surface area contributed by atoms with E-state index in [0.29, 0.717) is 12.1 Å². The first-order valence-corrected chi connectivity index (χ1v) is 8.59. The molecule has 1 aromatic carbocycles. The Balaban J connectivity index is 1.64. The van der Waals surface area contributed by atoms with E-state index in [1.54, 1.807) is 25.2 Å². The molecule has 0 spiro atoms. The van der Waals surface area contributed by atoms with Crippen LogP contribution >= 0.6 is 0 Å². The molecule has 25 heavy (non-hydrogen) atoms. The second-order valence-electron chi connectivity index (χ2n) is 6.82. The molecule has 3 rings (SSSR count). The molecule has 0 N–H and O–H groups in total. The first kappa shape index (κ1) is 17.2. The molecule has 6 heteroatoms. The maximum atomic E-state index is 12.5. The van der Waals surface area contributed by atoms with Crippen LogP contribution in [0.1, 0.15) is 36.8 Å². The number of imide groups is 1. The zero-order valence-electron chi connectivity index (χ0n) is 14.3. The van der Waals surface area contributed by atoms with E-state index in [2.05, 4.69) is 6.07 Å². The molecule has 1 aliphatic heterocycles. The summed E-state index contributed by atoms with van der Waals surface area (Å²) in [5, 5.41) is 8.94. The van der Waals surface area contributed by atoms with Gasteiger partial charge in [-0.05, 0) is 30.5 Å². The Labute approximate surface area is 147 Å². The first-order chi connectivity index (χ1) is 12.0. The topological polar surface area (TPSA) is 81.5 Å². The third-order valence-electron chi connectivity index (χ3n) is 5.13. The van der Waals surface area contributed by atoms with Crippen molar-refractivity contribution in [3.8, 4) is 6.07 Å². The van der Waals surface area contributed by atoms with Crippen molar-refractivity contribution in [1.82, 2.24) is 9.80 Å². The number of carbonyl (C=O) groups excluding carboxylic acids is 3. The minimum absolute atomic E-state index is 0.192. The van der Waals surface area contributed by atoms with E-state index in [4.69, 9.17) is 5.26 Å². The molecule has 2 fully saturated rings. The smallest absolute Gasteiger partial charge is 0.242 e. The van der Waals surface area contributed by atoms with Crippen molar-refractivity contribution in [2.45, 2.75) is 32.2 Å². The molecular formula is C19H21N3O3. The van der Waals surface area contributed by atoms with Crippen molar-refractivity contribution in [2.75, 3.05) is 13.6 Å². The average molecular weight is 339 g/mol. The lowest BCUT2D eigenvalue weighted by atomic mass is 9.81. The number of hydrogen-bond acceptors (Lipinski definition) is 4. The summed E-state index contributed by atoms with van der Waals surface area (Å²) in [5.41, 5.74) is 1.37. The molecule has 1 aliphatic carbocycles. The molecule has 1 saturated heterocycles. The number of amides is 3. The fraction of sp³-hybridized carbons (Fsp3) is 0.474. The summed E-state index contributed by atoms with van der Waals surface area (Å²) in [5.74, 6) is -1.12. The SMILES string of the molecule is CN(Cc1cccc(C#N)c1)C(=O)CN1C(=O)[C@H]2CCCC[C@H]2C1=O. The largest absolute Gasteiger partial charge is 0.340 e. The van der Waals surface area contributed by atoms with Gasteiger partial charge in [0.2, 0.25) is 17.7 Å². The maximum absolute atomic E-state index is 12.5. The molecular weight excluding hydrogens is 318 g/mol. The van der Waals surface area contributed by atoms with E-state index in [1.807, 2.05) is 6.07 Å². The zero-order chi connectivity index (χ0) is 18.0. The Hall–Kier alpha value is -2.68. The van der Waals surface area contributed by atoms with Gasteiger partial charge in [0.05, 0.1) is 23.5 Å². The van der Waals surface area contributed by atoms with E-state index >= 15 is 0 Å². The lowest BCUT2D eigenvalue weighted by molar-refractivity contribution is -0.146. The predicted octanol–water partition coefficient (Wildman–Crippen LogP) is 1.69. The van der Waals surface area contributed by atoms with Crippen molar-refractivity contribution < 1.29 is 14.4 Å². The highest BCUT2D eigenvalue weighted by Crippen LogP contribution is 2.37. The van der Waals surface area contributed by atoms with Gasteiger partial charge in [-0.3, -0.25) is 19.3 Å². The van der Waals surface area contributed by atoms with Gasteiger partial charge in [0.1, 0.15) is 6.54 Å². The number of nitriles is 1. The highest BCUT2D eigenvalue weighted by atomic mass is 16.2. The number of likely N-dealkylation sites (N-methyl/N-ethyl adjacent to an activating group) is 1. The maximum Gasteiger partial charge on any atom is 0.242 e. The first-order valence-electron chi connectivity index (χ1n) is 8.59. The van der Waals surface area contributed by atoms with Crippen LogP contribution < -0.4 is 0 Å². The molecule has 6 nitrogen and oxygen atoms in total. The van der Waals surface area contributed by atoms with Crippen LogP contribution in [0, 0.1) is 23.2 Å². The molecule has 1 heterocycles. The van der Waals surface area contributed by atoms with Crippen molar-refractivity contribution in [1.29, 1.82) is 5.26 Å². The Bertz CT molecular complexity index is 729. The zero-order valence-corrected chi connectivity index (χ0v) is 14.3.